The van der Waals surface area contributed by atoms with E-state index in [-0.39, 0.29) is 0 Å². The summed E-state index contributed by atoms with van der Waals surface area (Å²) in [6.07, 6.45) is 5.80. The van der Waals surface area contributed by atoms with E-state index >= 15 is 0 Å². The van der Waals surface area contributed by atoms with Gasteiger partial charge in [0.1, 0.15) is 0 Å². The first kappa shape index (κ1) is 9.00. The van der Waals surface area contributed by atoms with E-state index in [2.05, 4.69) is 13.8 Å². The standard InChI is InChI=1S/C7H14.C2H6/c1-3-4-7(2)5-6-7;1-2/h3-6H2,1-2H3;1-2H3. The molecule has 0 radical (unpaired) electrons. The number of rotatable bonds is 2. The van der Waals surface area contributed by atoms with Crippen LogP contribution in [-0.2, 0) is 0 Å². The Bertz CT molecular complexity index is 60.4. The van der Waals surface area contributed by atoms with Crippen LogP contribution in [0.4, 0.5) is 0 Å². The summed E-state index contributed by atoms with van der Waals surface area (Å²) in [5.41, 5.74) is 0.800. The van der Waals surface area contributed by atoms with Gasteiger partial charge in [0.2, 0.25) is 0 Å². The molecule has 0 N–H and O–H groups in total. The first-order chi connectivity index (χ1) is 4.27. The largest absolute Gasteiger partial charge is 0.0683 e. The highest BCUT2D eigenvalue weighted by Crippen LogP contribution is 2.48. The van der Waals surface area contributed by atoms with Crippen molar-refractivity contribution < 1.29 is 0 Å². The molecule has 1 fully saturated rings. The van der Waals surface area contributed by atoms with Crippen LogP contribution < -0.4 is 0 Å². The molecular formula is C9H20. The Morgan fingerprint density at radius 2 is 1.67 bits per heavy atom. The Kier molecular flexibility index (Phi) is 3.92. The first-order valence-electron chi connectivity index (χ1n) is 4.27. The Hall–Kier alpha value is 0. The molecule has 0 heteroatoms. The van der Waals surface area contributed by atoms with Crippen molar-refractivity contribution in [1.29, 1.82) is 0 Å². The normalized spacial score (nSPS) is 20.0. The molecule has 56 valence electrons. The molecule has 1 aliphatic rings. The third kappa shape index (κ3) is 3.56. The zero-order valence-electron chi connectivity index (χ0n) is 7.33. The van der Waals surface area contributed by atoms with Crippen LogP contribution in [0.25, 0.3) is 0 Å². The lowest BCUT2D eigenvalue weighted by Crippen LogP contribution is -1.88. The van der Waals surface area contributed by atoms with Gasteiger partial charge in [0.05, 0.1) is 0 Å². The van der Waals surface area contributed by atoms with Gasteiger partial charge in [-0.2, -0.15) is 0 Å². The molecule has 1 saturated carbocycles. The average Bonchev–Trinajstić information content (AvgIpc) is 2.55. The quantitative estimate of drug-likeness (QED) is 0.533. The van der Waals surface area contributed by atoms with Crippen LogP contribution in [0, 0.1) is 5.41 Å². The first-order valence-corrected chi connectivity index (χ1v) is 4.27. The Morgan fingerprint density at radius 3 is 1.78 bits per heavy atom. The molecule has 0 bridgehead atoms. The lowest BCUT2D eigenvalue weighted by molar-refractivity contribution is 0.510. The third-order valence-corrected chi connectivity index (χ3v) is 1.96. The van der Waals surface area contributed by atoms with Gasteiger partial charge in [0.15, 0.2) is 0 Å². The van der Waals surface area contributed by atoms with Gasteiger partial charge in [0.25, 0.3) is 0 Å². The summed E-state index contributed by atoms with van der Waals surface area (Å²) in [6, 6.07) is 0. The van der Waals surface area contributed by atoms with Gasteiger partial charge in [-0.25, -0.2) is 0 Å². The molecule has 0 aliphatic heterocycles. The fourth-order valence-corrected chi connectivity index (χ4v) is 1.07. The summed E-state index contributed by atoms with van der Waals surface area (Å²) in [5, 5.41) is 0. The summed E-state index contributed by atoms with van der Waals surface area (Å²) < 4.78 is 0. The van der Waals surface area contributed by atoms with Gasteiger partial charge in [-0.3, -0.25) is 0 Å². The van der Waals surface area contributed by atoms with Gasteiger partial charge >= 0.3 is 0 Å². The van der Waals surface area contributed by atoms with Crippen molar-refractivity contribution in [3.8, 4) is 0 Å². The summed E-state index contributed by atoms with van der Waals surface area (Å²) in [5.74, 6) is 0. The van der Waals surface area contributed by atoms with E-state index in [0.717, 1.165) is 5.41 Å². The van der Waals surface area contributed by atoms with E-state index in [0.29, 0.717) is 0 Å². The fraction of sp³-hybridized carbons (Fsp3) is 1.00. The monoisotopic (exact) mass is 128 g/mol. The predicted octanol–water partition coefficient (Wildman–Crippen LogP) is 3.61. The fourth-order valence-electron chi connectivity index (χ4n) is 1.07. The lowest BCUT2D eigenvalue weighted by Gasteiger charge is -2.01. The number of hydrogen-bond acceptors (Lipinski definition) is 0. The third-order valence-electron chi connectivity index (χ3n) is 1.96. The van der Waals surface area contributed by atoms with Crippen molar-refractivity contribution in [1.82, 2.24) is 0 Å². The van der Waals surface area contributed by atoms with E-state index in [1.54, 1.807) is 0 Å². The number of hydrogen-bond donors (Lipinski definition) is 0. The molecule has 0 unspecified atom stereocenters. The van der Waals surface area contributed by atoms with Crippen LogP contribution >= 0.6 is 0 Å². The molecule has 0 aromatic rings. The summed E-state index contributed by atoms with van der Waals surface area (Å²) in [4.78, 5) is 0. The highest BCUT2D eigenvalue weighted by Gasteiger charge is 2.35. The van der Waals surface area contributed by atoms with Crippen LogP contribution in [0.15, 0.2) is 0 Å². The van der Waals surface area contributed by atoms with Crippen molar-refractivity contribution in [2.24, 2.45) is 5.41 Å². The van der Waals surface area contributed by atoms with Gasteiger partial charge in [-0.05, 0) is 24.7 Å². The highest BCUT2D eigenvalue weighted by atomic mass is 14.4. The van der Waals surface area contributed by atoms with Crippen molar-refractivity contribution in [3.63, 3.8) is 0 Å². The topological polar surface area (TPSA) is 0 Å². The minimum atomic E-state index is 0.800. The van der Waals surface area contributed by atoms with E-state index in [4.69, 9.17) is 0 Å². The van der Waals surface area contributed by atoms with Crippen molar-refractivity contribution >= 4 is 0 Å². The summed E-state index contributed by atoms with van der Waals surface area (Å²) in [6.45, 7) is 8.65. The second-order valence-corrected chi connectivity index (χ2v) is 3.06. The Morgan fingerprint density at radius 1 is 1.22 bits per heavy atom. The van der Waals surface area contributed by atoms with Gasteiger partial charge < -0.3 is 0 Å². The molecule has 1 aliphatic carbocycles. The zero-order chi connectivity index (χ0) is 7.33. The highest BCUT2D eigenvalue weighted by molar-refractivity contribution is 4.87. The molecule has 0 aromatic heterocycles. The molecular weight excluding hydrogens is 108 g/mol. The maximum atomic E-state index is 2.39. The average molecular weight is 128 g/mol. The smallest absolute Gasteiger partial charge is 0.0326 e. The molecule has 0 atom stereocenters. The van der Waals surface area contributed by atoms with Crippen LogP contribution in [0.3, 0.4) is 0 Å². The SMILES string of the molecule is CC.CCCC1(C)CC1. The summed E-state index contributed by atoms with van der Waals surface area (Å²) >= 11 is 0. The Labute approximate surface area is 59.7 Å². The molecule has 0 heterocycles. The van der Waals surface area contributed by atoms with Crippen LogP contribution in [0.2, 0.25) is 0 Å². The molecule has 0 nitrogen and oxygen atoms in total. The van der Waals surface area contributed by atoms with E-state index in [9.17, 15) is 0 Å². The van der Waals surface area contributed by atoms with E-state index in [1.165, 1.54) is 25.7 Å². The van der Waals surface area contributed by atoms with Crippen LogP contribution in [-0.4, -0.2) is 0 Å². The molecule has 9 heavy (non-hydrogen) atoms. The summed E-state index contributed by atoms with van der Waals surface area (Å²) in [7, 11) is 0. The van der Waals surface area contributed by atoms with E-state index < -0.39 is 0 Å². The lowest BCUT2D eigenvalue weighted by atomic mass is 10.0. The minimum absolute atomic E-state index is 0.800. The second-order valence-electron chi connectivity index (χ2n) is 3.06. The van der Waals surface area contributed by atoms with Gasteiger partial charge in [-0.1, -0.05) is 34.1 Å². The van der Waals surface area contributed by atoms with Gasteiger partial charge in [-0.15, -0.1) is 0 Å². The van der Waals surface area contributed by atoms with Crippen LogP contribution in [0.5, 0.6) is 0 Å². The molecule has 0 aromatic carbocycles. The van der Waals surface area contributed by atoms with Crippen molar-refractivity contribution in [2.45, 2.75) is 53.4 Å². The maximum absolute atomic E-state index is 2.39. The van der Waals surface area contributed by atoms with E-state index in [1.807, 2.05) is 13.8 Å². The Balaban J connectivity index is 0.000000291. The maximum Gasteiger partial charge on any atom is -0.0326 e. The predicted molar refractivity (Wildman–Crippen MR) is 43.6 cm³/mol. The van der Waals surface area contributed by atoms with Crippen molar-refractivity contribution in [3.05, 3.63) is 0 Å². The molecule has 1 rings (SSSR count). The second kappa shape index (κ2) is 3.92. The van der Waals surface area contributed by atoms with Gasteiger partial charge in [0, 0.05) is 0 Å². The van der Waals surface area contributed by atoms with Crippen molar-refractivity contribution in [2.75, 3.05) is 0 Å². The zero-order valence-corrected chi connectivity index (χ0v) is 7.33. The molecule has 0 saturated heterocycles. The minimum Gasteiger partial charge on any atom is -0.0683 e. The molecule has 0 amide bonds. The van der Waals surface area contributed by atoms with Crippen LogP contribution in [0.1, 0.15) is 53.4 Å². The molecule has 0 spiro atoms.